The predicted octanol–water partition coefficient (Wildman–Crippen LogP) is 6.26. The molecule has 0 heterocycles. The quantitative estimate of drug-likeness (QED) is 0.404. The molecule has 5 nitrogen and oxygen atoms in total. The van der Waals surface area contributed by atoms with E-state index in [1.165, 1.54) is 5.56 Å². The lowest BCUT2D eigenvalue weighted by Crippen LogP contribution is -2.20. The van der Waals surface area contributed by atoms with Gasteiger partial charge in [0.25, 0.3) is 11.8 Å². The molecule has 0 unspecified atom stereocenters. The van der Waals surface area contributed by atoms with Crippen LogP contribution >= 0.6 is 11.6 Å². The highest BCUT2D eigenvalue weighted by molar-refractivity contribution is 6.31. The molecule has 32 heavy (non-hydrogen) atoms. The Morgan fingerprint density at radius 3 is 2.34 bits per heavy atom. The lowest BCUT2D eigenvalue weighted by atomic mass is 10.1. The van der Waals surface area contributed by atoms with Crippen molar-refractivity contribution in [1.82, 2.24) is 0 Å². The Balaban J connectivity index is 1.50. The third-order valence-electron chi connectivity index (χ3n) is 5.06. The first-order valence-corrected chi connectivity index (χ1v) is 11.0. The number of rotatable bonds is 9. The molecule has 2 N–H and O–H groups in total. The number of halogens is 1. The molecule has 3 aromatic rings. The van der Waals surface area contributed by atoms with Crippen molar-refractivity contribution in [1.29, 1.82) is 0 Å². The third kappa shape index (κ3) is 6.59. The van der Waals surface area contributed by atoms with Gasteiger partial charge >= 0.3 is 0 Å². The van der Waals surface area contributed by atoms with Crippen molar-refractivity contribution in [3.8, 4) is 5.75 Å². The first-order valence-electron chi connectivity index (χ1n) is 10.6. The zero-order valence-electron chi connectivity index (χ0n) is 18.3. The molecule has 2 amide bonds. The van der Waals surface area contributed by atoms with Gasteiger partial charge in [-0.2, -0.15) is 0 Å². The minimum absolute atomic E-state index is 0.151. The second-order valence-electron chi connectivity index (χ2n) is 7.53. The number of aryl methyl sites for hydroxylation is 1. The molecule has 166 valence electrons. The number of carbonyl (C=O) groups excluding carboxylic acids is 2. The molecular formula is C26H27ClN2O3. The maximum atomic E-state index is 12.5. The Hall–Kier alpha value is -3.31. The van der Waals surface area contributed by atoms with Crippen LogP contribution in [0.3, 0.4) is 0 Å². The number of nitrogens with one attached hydrogen (secondary N) is 2. The fourth-order valence-corrected chi connectivity index (χ4v) is 3.29. The van der Waals surface area contributed by atoms with E-state index in [-0.39, 0.29) is 18.4 Å². The average molecular weight is 451 g/mol. The van der Waals surface area contributed by atoms with Crippen molar-refractivity contribution in [3.05, 3.63) is 88.4 Å². The average Bonchev–Trinajstić information content (AvgIpc) is 2.80. The summed E-state index contributed by atoms with van der Waals surface area (Å²) in [4.78, 5) is 24.7. The zero-order chi connectivity index (χ0) is 22.9. The summed E-state index contributed by atoms with van der Waals surface area (Å²) in [5.41, 5.74) is 3.97. The smallest absolute Gasteiger partial charge is 0.262 e. The number of hydrogen-bond acceptors (Lipinski definition) is 3. The van der Waals surface area contributed by atoms with Crippen molar-refractivity contribution in [3.63, 3.8) is 0 Å². The number of carbonyl (C=O) groups is 2. The van der Waals surface area contributed by atoms with Crippen LogP contribution in [0.4, 0.5) is 11.4 Å². The van der Waals surface area contributed by atoms with Crippen molar-refractivity contribution >= 4 is 34.8 Å². The van der Waals surface area contributed by atoms with Gasteiger partial charge in [-0.1, -0.05) is 43.1 Å². The van der Waals surface area contributed by atoms with Crippen LogP contribution in [-0.4, -0.2) is 18.4 Å². The van der Waals surface area contributed by atoms with Crippen LogP contribution in [0.25, 0.3) is 0 Å². The Morgan fingerprint density at radius 1 is 0.938 bits per heavy atom. The molecule has 0 fully saturated rings. The van der Waals surface area contributed by atoms with E-state index in [9.17, 15) is 9.59 Å². The van der Waals surface area contributed by atoms with Gasteiger partial charge in [0.2, 0.25) is 0 Å². The molecule has 0 aromatic heterocycles. The maximum Gasteiger partial charge on any atom is 0.262 e. The van der Waals surface area contributed by atoms with Gasteiger partial charge in [0.15, 0.2) is 6.61 Å². The lowest BCUT2D eigenvalue weighted by Gasteiger charge is -2.11. The molecule has 0 aliphatic carbocycles. The summed E-state index contributed by atoms with van der Waals surface area (Å²) >= 11 is 6.07. The molecule has 3 rings (SSSR count). The zero-order valence-corrected chi connectivity index (χ0v) is 19.0. The van der Waals surface area contributed by atoms with Gasteiger partial charge in [-0.05, 0) is 79.4 Å². The summed E-state index contributed by atoms with van der Waals surface area (Å²) in [6.07, 6.45) is 3.36. The SMILES string of the molecule is CCCCc1ccc(NC(=O)c2ccc(OCC(=O)Nc3cccc(Cl)c3C)cc2)cc1. The third-order valence-corrected chi connectivity index (χ3v) is 5.47. The Bertz CT molecular complexity index is 1060. The molecule has 0 bridgehead atoms. The van der Waals surface area contributed by atoms with E-state index in [0.717, 1.165) is 30.5 Å². The summed E-state index contributed by atoms with van der Waals surface area (Å²) < 4.78 is 5.53. The first kappa shape index (κ1) is 23.4. The fourth-order valence-electron chi connectivity index (χ4n) is 3.12. The molecule has 3 aromatic carbocycles. The van der Waals surface area contributed by atoms with Crippen LogP contribution in [-0.2, 0) is 11.2 Å². The number of anilines is 2. The monoisotopic (exact) mass is 450 g/mol. The van der Waals surface area contributed by atoms with Crippen molar-refractivity contribution < 1.29 is 14.3 Å². The van der Waals surface area contributed by atoms with Crippen molar-refractivity contribution in [2.75, 3.05) is 17.2 Å². The van der Waals surface area contributed by atoms with Gasteiger partial charge in [0, 0.05) is 22.0 Å². The lowest BCUT2D eigenvalue weighted by molar-refractivity contribution is -0.118. The van der Waals surface area contributed by atoms with E-state index >= 15 is 0 Å². The van der Waals surface area contributed by atoms with Crippen molar-refractivity contribution in [2.45, 2.75) is 33.1 Å². The number of unbranched alkanes of at least 4 members (excludes halogenated alkanes) is 1. The molecule has 0 aliphatic rings. The number of ether oxygens (including phenoxy) is 1. The standard InChI is InChI=1S/C26H27ClN2O3/c1-3-4-6-19-9-13-21(14-10-19)28-26(31)20-11-15-22(16-12-20)32-17-25(30)29-24-8-5-7-23(27)18(24)2/h5,7-16H,3-4,6,17H2,1-2H3,(H,28,31)(H,29,30). The van der Waals surface area contributed by atoms with E-state index < -0.39 is 0 Å². The molecule has 0 saturated carbocycles. The molecule has 0 saturated heterocycles. The second kappa shape index (κ2) is 11.3. The minimum atomic E-state index is -0.292. The minimum Gasteiger partial charge on any atom is -0.484 e. The molecule has 0 spiro atoms. The molecule has 0 radical (unpaired) electrons. The van der Waals surface area contributed by atoms with Crippen LogP contribution < -0.4 is 15.4 Å². The van der Waals surface area contributed by atoms with Gasteiger partial charge in [0.05, 0.1) is 0 Å². The number of amides is 2. The highest BCUT2D eigenvalue weighted by Gasteiger charge is 2.09. The first-order chi connectivity index (χ1) is 15.5. The van der Waals surface area contributed by atoms with Gasteiger partial charge in [-0.15, -0.1) is 0 Å². The highest BCUT2D eigenvalue weighted by atomic mass is 35.5. The summed E-state index contributed by atoms with van der Waals surface area (Å²) in [6, 6.07) is 19.9. The Kier molecular flexibility index (Phi) is 8.28. The van der Waals surface area contributed by atoms with Gasteiger partial charge in [-0.3, -0.25) is 9.59 Å². The van der Waals surface area contributed by atoms with Crippen molar-refractivity contribution in [2.24, 2.45) is 0 Å². The van der Waals surface area contributed by atoms with Crippen LogP contribution in [0.1, 0.15) is 41.3 Å². The van der Waals surface area contributed by atoms with Crippen LogP contribution in [0, 0.1) is 6.92 Å². The molecule has 0 atom stereocenters. The Labute approximate surface area is 193 Å². The fraction of sp³-hybridized carbons (Fsp3) is 0.231. The molecule has 0 aliphatic heterocycles. The van der Waals surface area contributed by atoms with E-state index in [0.29, 0.717) is 22.0 Å². The number of benzene rings is 3. The number of hydrogen-bond donors (Lipinski definition) is 2. The van der Waals surface area contributed by atoms with E-state index in [2.05, 4.69) is 17.6 Å². The second-order valence-corrected chi connectivity index (χ2v) is 7.94. The highest BCUT2D eigenvalue weighted by Crippen LogP contribution is 2.23. The summed E-state index contributed by atoms with van der Waals surface area (Å²) in [5.74, 6) is 0.00592. The van der Waals surface area contributed by atoms with E-state index in [1.807, 2.05) is 31.2 Å². The van der Waals surface area contributed by atoms with Crippen LogP contribution in [0.5, 0.6) is 5.75 Å². The molecular weight excluding hydrogens is 424 g/mol. The normalized spacial score (nSPS) is 10.5. The maximum absolute atomic E-state index is 12.5. The summed E-state index contributed by atoms with van der Waals surface area (Å²) in [5, 5.41) is 6.26. The van der Waals surface area contributed by atoms with E-state index in [1.54, 1.807) is 42.5 Å². The van der Waals surface area contributed by atoms with Crippen LogP contribution in [0.15, 0.2) is 66.7 Å². The summed E-state index contributed by atoms with van der Waals surface area (Å²) in [6.45, 7) is 3.85. The van der Waals surface area contributed by atoms with Gasteiger partial charge in [-0.25, -0.2) is 0 Å². The largest absolute Gasteiger partial charge is 0.484 e. The van der Waals surface area contributed by atoms with Crippen LogP contribution in [0.2, 0.25) is 5.02 Å². The summed E-state index contributed by atoms with van der Waals surface area (Å²) in [7, 11) is 0. The molecule has 6 heteroatoms. The topological polar surface area (TPSA) is 67.4 Å². The van der Waals surface area contributed by atoms with E-state index in [4.69, 9.17) is 16.3 Å². The predicted molar refractivity (Wildman–Crippen MR) is 130 cm³/mol. The van der Waals surface area contributed by atoms with Gasteiger partial charge < -0.3 is 15.4 Å². The Morgan fingerprint density at radius 2 is 1.66 bits per heavy atom. The van der Waals surface area contributed by atoms with Gasteiger partial charge in [0.1, 0.15) is 5.75 Å².